The first-order valence-electron chi connectivity index (χ1n) is 9.80. The van der Waals surface area contributed by atoms with Crippen LogP contribution in [0.3, 0.4) is 0 Å². The lowest BCUT2D eigenvalue weighted by Crippen LogP contribution is -2.41. The lowest BCUT2D eigenvalue weighted by Gasteiger charge is -2.35. The van der Waals surface area contributed by atoms with Crippen LogP contribution in [0, 0.1) is 0 Å². The lowest BCUT2D eigenvalue weighted by molar-refractivity contribution is -0.132. The Kier molecular flexibility index (Phi) is 9.19. The molecular weight excluding hydrogens is 384 g/mol. The predicted octanol–water partition coefficient (Wildman–Crippen LogP) is 5.41. The van der Waals surface area contributed by atoms with Gasteiger partial charge in [-0.15, -0.1) is 11.3 Å². The van der Waals surface area contributed by atoms with Crippen molar-refractivity contribution in [2.45, 2.75) is 52.5 Å². The van der Waals surface area contributed by atoms with E-state index in [0.717, 1.165) is 50.8 Å². The number of carbonyl (C=O) groups is 1. The number of esters is 1. The van der Waals surface area contributed by atoms with Crippen LogP contribution in [0.4, 0.5) is 0 Å². The Morgan fingerprint density at radius 3 is 2.93 bits per heavy atom. The van der Waals surface area contributed by atoms with Crippen molar-refractivity contribution in [3.63, 3.8) is 0 Å². The molecular formula is C22H30N4O2S. The second-order valence-corrected chi connectivity index (χ2v) is 8.05. The van der Waals surface area contributed by atoms with Gasteiger partial charge in [0, 0.05) is 22.4 Å². The number of thiophene rings is 1. The molecule has 1 heterocycles. The first-order valence-corrected chi connectivity index (χ1v) is 10.7. The van der Waals surface area contributed by atoms with Crippen molar-refractivity contribution >= 4 is 17.3 Å². The zero-order valence-corrected chi connectivity index (χ0v) is 17.0. The highest BCUT2D eigenvalue weighted by molar-refractivity contribution is 7.09. The van der Waals surface area contributed by atoms with Crippen LogP contribution in [-0.2, 0) is 24.1 Å². The highest BCUT2D eigenvalue weighted by Gasteiger charge is 2.26. The van der Waals surface area contributed by atoms with E-state index in [0.29, 0.717) is 11.8 Å². The first-order chi connectivity index (χ1) is 13.7. The Balaban J connectivity index is 0.00000300. The average molecular weight is 415 g/mol. The summed E-state index contributed by atoms with van der Waals surface area (Å²) in [6.07, 6.45) is 5.16. The molecule has 3 rings (SSSR count). The SMILES string of the molecule is C.CCCN(CCc1cccs1)[C@H]1CCc2c(cccc2OC(=O)CN=[N+]=[N-])C1. The number of fused-ring (bicyclic) bond motifs is 1. The van der Waals surface area contributed by atoms with Gasteiger partial charge in [0.05, 0.1) is 0 Å². The number of azide groups is 1. The van der Waals surface area contributed by atoms with Gasteiger partial charge >= 0.3 is 5.97 Å². The monoisotopic (exact) mass is 414 g/mol. The van der Waals surface area contributed by atoms with Crippen molar-refractivity contribution in [1.82, 2.24) is 4.90 Å². The van der Waals surface area contributed by atoms with Crippen LogP contribution < -0.4 is 4.74 Å². The van der Waals surface area contributed by atoms with Crippen molar-refractivity contribution < 1.29 is 9.53 Å². The maximum Gasteiger partial charge on any atom is 0.317 e. The molecule has 0 saturated carbocycles. The Morgan fingerprint density at radius 1 is 1.34 bits per heavy atom. The zero-order valence-electron chi connectivity index (χ0n) is 16.2. The normalized spacial score (nSPS) is 15.2. The Morgan fingerprint density at radius 2 is 2.21 bits per heavy atom. The number of hydrogen-bond donors (Lipinski definition) is 0. The van der Waals surface area contributed by atoms with Crippen LogP contribution in [0.25, 0.3) is 10.4 Å². The minimum absolute atomic E-state index is 0. The summed E-state index contributed by atoms with van der Waals surface area (Å²) in [5, 5.41) is 5.42. The van der Waals surface area contributed by atoms with Crippen LogP contribution in [0.5, 0.6) is 5.75 Å². The summed E-state index contributed by atoms with van der Waals surface area (Å²) in [7, 11) is 0. The molecule has 1 aliphatic carbocycles. The van der Waals surface area contributed by atoms with E-state index in [9.17, 15) is 4.79 Å². The van der Waals surface area contributed by atoms with Crippen molar-refractivity contribution in [2.75, 3.05) is 19.6 Å². The second kappa shape index (κ2) is 11.6. The third-order valence-corrected chi connectivity index (χ3v) is 6.09. The molecule has 0 spiro atoms. The maximum atomic E-state index is 11.8. The highest BCUT2D eigenvalue weighted by atomic mass is 32.1. The Bertz CT molecular complexity index is 831. The summed E-state index contributed by atoms with van der Waals surface area (Å²) in [4.78, 5) is 18.5. The van der Waals surface area contributed by atoms with Gasteiger partial charge < -0.3 is 4.74 Å². The van der Waals surface area contributed by atoms with Crippen molar-refractivity contribution in [3.05, 3.63) is 62.2 Å². The smallest absolute Gasteiger partial charge is 0.317 e. The average Bonchev–Trinajstić information content (AvgIpc) is 3.23. The van der Waals surface area contributed by atoms with Crippen LogP contribution >= 0.6 is 11.3 Å². The van der Waals surface area contributed by atoms with Crippen LogP contribution in [0.15, 0.2) is 40.8 Å². The summed E-state index contributed by atoms with van der Waals surface area (Å²) >= 11 is 1.83. The topological polar surface area (TPSA) is 78.3 Å². The van der Waals surface area contributed by atoms with E-state index in [1.165, 1.54) is 10.4 Å². The summed E-state index contributed by atoms with van der Waals surface area (Å²) in [5.41, 5.74) is 10.7. The zero-order chi connectivity index (χ0) is 19.8. The van der Waals surface area contributed by atoms with E-state index in [-0.39, 0.29) is 14.0 Å². The van der Waals surface area contributed by atoms with Crippen molar-refractivity contribution in [3.8, 4) is 5.75 Å². The molecule has 1 aliphatic rings. The quantitative estimate of drug-likeness (QED) is 0.181. The lowest BCUT2D eigenvalue weighted by atomic mass is 9.86. The van der Waals surface area contributed by atoms with E-state index in [2.05, 4.69) is 45.4 Å². The largest absolute Gasteiger partial charge is 0.426 e. The number of benzene rings is 1. The molecule has 0 saturated heterocycles. The second-order valence-electron chi connectivity index (χ2n) is 7.02. The van der Waals surface area contributed by atoms with E-state index >= 15 is 0 Å². The van der Waals surface area contributed by atoms with Crippen LogP contribution in [0.1, 0.15) is 43.2 Å². The molecule has 0 N–H and O–H groups in total. The number of carbonyl (C=O) groups excluding carboxylic acids is 1. The molecule has 1 atom stereocenters. The van der Waals surface area contributed by atoms with Crippen molar-refractivity contribution in [1.29, 1.82) is 0 Å². The molecule has 0 fully saturated rings. The third-order valence-electron chi connectivity index (χ3n) is 5.15. The van der Waals surface area contributed by atoms with E-state index in [4.69, 9.17) is 10.3 Å². The molecule has 7 heteroatoms. The maximum absolute atomic E-state index is 11.8. The minimum Gasteiger partial charge on any atom is -0.426 e. The third kappa shape index (κ3) is 6.32. The fraction of sp³-hybridized carbons (Fsp3) is 0.500. The van der Waals surface area contributed by atoms with Gasteiger partial charge in [-0.1, -0.05) is 37.7 Å². The summed E-state index contributed by atoms with van der Waals surface area (Å²) < 4.78 is 5.44. The van der Waals surface area contributed by atoms with Crippen LogP contribution in [0.2, 0.25) is 0 Å². The minimum atomic E-state index is -0.517. The molecule has 0 bridgehead atoms. The molecule has 2 aromatic rings. The van der Waals surface area contributed by atoms with Gasteiger partial charge in [0.15, 0.2) is 0 Å². The number of nitrogens with zero attached hydrogens (tertiary/aromatic N) is 4. The van der Waals surface area contributed by atoms with E-state index in [1.807, 2.05) is 23.5 Å². The van der Waals surface area contributed by atoms with Gasteiger partial charge in [0.2, 0.25) is 0 Å². The fourth-order valence-electron chi connectivity index (χ4n) is 3.88. The molecule has 0 amide bonds. The molecule has 29 heavy (non-hydrogen) atoms. The van der Waals surface area contributed by atoms with Gasteiger partial charge in [0.25, 0.3) is 0 Å². The van der Waals surface area contributed by atoms with E-state index < -0.39 is 5.97 Å². The Labute approximate surface area is 177 Å². The summed E-state index contributed by atoms with van der Waals surface area (Å²) in [6, 6.07) is 10.7. The molecule has 156 valence electrons. The number of ether oxygens (including phenoxy) is 1. The molecule has 0 unspecified atom stereocenters. The molecule has 6 nitrogen and oxygen atoms in total. The molecule has 0 radical (unpaired) electrons. The van der Waals surface area contributed by atoms with Gasteiger partial charge in [-0.05, 0) is 72.8 Å². The van der Waals surface area contributed by atoms with Crippen molar-refractivity contribution in [2.24, 2.45) is 5.11 Å². The number of rotatable bonds is 9. The molecule has 1 aromatic heterocycles. The van der Waals surface area contributed by atoms with Gasteiger partial charge in [-0.2, -0.15) is 0 Å². The summed E-state index contributed by atoms with van der Waals surface area (Å²) in [6.45, 7) is 4.13. The van der Waals surface area contributed by atoms with Gasteiger partial charge in [0.1, 0.15) is 12.3 Å². The molecule has 1 aromatic carbocycles. The molecule has 0 aliphatic heterocycles. The standard InChI is InChI=1S/C21H26N4O2S.CH4/c1-2-11-25(12-10-18-6-4-13-28-18)17-8-9-19-16(14-17)5-3-7-20(19)27-21(26)15-23-24-22;/h3-7,13,17H,2,8-12,14-15H2,1H3;1H4/t17-;/m0./s1. The first kappa shape index (κ1) is 22.9. The number of hydrogen-bond acceptors (Lipinski definition) is 5. The fourth-order valence-corrected chi connectivity index (χ4v) is 4.58. The van der Waals surface area contributed by atoms with E-state index in [1.54, 1.807) is 0 Å². The van der Waals surface area contributed by atoms with Gasteiger partial charge in [-0.3, -0.25) is 9.69 Å². The summed E-state index contributed by atoms with van der Waals surface area (Å²) in [5.74, 6) is 0.0894. The highest BCUT2D eigenvalue weighted by Crippen LogP contribution is 2.32. The predicted molar refractivity (Wildman–Crippen MR) is 119 cm³/mol. The Hall–Kier alpha value is -2.34. The van der Waals surface area contributed by atoms with Gasteiger partial charge in [-0.25, -0.2) is 0 Å². The van der Waals surface area contributed by atoms with Crippen LogP contribution in [-0.4, -0.2) is 36.5 Å².